The Morgan fingerprint density at radius 1 is 1.44 bits per heavy atom. The predicted octanol–water partition coefficient (Wildman–Crippen LogP) is 1.97. The zero-order valence-electron chi connectivity index (χ0n) is 6.62. The van der Waals surface area contributed by atoms with E-state index in [1.54, 1.807) is 0 Å². The fourth-order valence-electron chi connectivity index (χ4n) is 0.426. The van der Waals surface area contributed by atoms with Gasteiger partial charge < -0.3 is 5.32 Å². The van der Waals surface area contributed by atoms with Gasteiger partial charge in [-0.1, -0.05) is 33.0 Å². The monoisotopic (exact) mass is 145 g/mol. The lowest BCUT2D eigenvalue weighted by molar-refractivity contribution is 0.578. The van der Waals surface area contributed by atoms with Crippen molar-refractivity contribution in [3.05, 3.63) is 0 Å². The third kappa shape index (κ3) is 3.46. The third-order valence-electron chi connectivity index (χ3n) is 1.02. The zero-order chi connectivity index (χ0) is 7.49. The Labute approximate surface area is 62.8 Å². The van der Waals surface area contributed by atoms with Crippen molar-refractivity contribution in [1.82, 2.24) is 5.32 Å². The molecule has 0 aromatic rings. The summed E-state index contributed by atoms with van der Waals surface area (Å²) in [5.41, 5.74) is 0.130. The largest absolute Gasteiger partial charge is 0.379 e. The van der Waals surface area contributed by atoms with Gasteiger partial charge in [0.15, 0.2) is 0 Å². The number of hydrogen-bond donors (Lipinski definition) is 1. The fraction of sp³-hybridized carbons (Fsp3) is 0.857. The quantitative estimate of drug-likeness (QED) is 0.566. The normalized spacial score (nSPS) is 11.1. The average molecular weight is 145 g/mol. The van der Waals surface area contributed by atoms with Crippen LogP contribution in [0.4, 0.5) is 0 Å². The van der Waals surface area contributed by atoms with Gasteiger partial charge >= 0.3 is 0 Å². The van der Waals surface area contributed by atoms with Crippen LogP contribution in [0.2, 0.25) is 0 Å². The highest BCUT2D eigenvalue weighted by atomic mass is 32.1. The van der Waals surface area contributed by atoms with Crippen LogP contribution in [0, 0.1) is 5.41 Å². The second-order valence-electron chi connectivity index (χ2n) is 3.11. The first-order chi connectivity index (χ1) is 3.98. The van der Waals surface area contributed by atoms with E-state index >= 15 is 0 Å². The molecule has 0 saturated carbocycles. The molecule has 0 aliphatic rings. The minimum absolute atomic E-state index is 0.130. The summed E-state index contributed by atoms with van der Waals surface area (Å²) in [7, 11) is 0. The van der Waals surface area contributed by atoms with Crippen LogP contribution in [0.1, 0.15) is 27.7 Å². The van der Waals surface area contributed by atoms with Gasteiger partial charge in [0.2, 0.25) is 0 Å². The highest BCUT2D eigenvalue weighted by molar-refractivity contribution is 7.80. The maximum absolute atomic E-state index is 5.08. The van der Waals surface area contributed by atoms with Crippen LogP contribution < -0.4 is 5.32 Å². The summed E-state index contributed by atoms with van der Waals surface area (Å²) in [6.45, 7) is 9.31. The average Bonchev–Trinajstić information content (AvgIpc) is 1.64. The van der Waals surface area contributed by atoms with Gasteiger partial charge in [0.1, 0.15) is 0 Å². The summed E-state index contributed by atoms with van der Waals surface area (Å²) in [6.07, 6.45) is 0. The molecule has 1 nitrogen and oxygen atoms in total. The van der Waals surface area contributed by atoms with Gasteiger partial charge in [0, 0.05) is 12.0 Å². The van der Waals surface area contributed by atoms with Crippen molar-refractivity contribution in [1.29, 1.82) is 0 Å². The van der Waals surface area contributed by atoms with Crippen molar-refractivity contribution < 1.29 is 0 Å². The molecule has 0 amide bonds. The molecule has 1 N–H and O–H groups in total. The van der Waals surface area contributed by atoms with Gasteiger partial charge in [-0.15, -0.1) is 0 Å². The molecule has 0 heterocycles. The lowest BCUT2D eigenvalue weighted by atomic mass is 9.97. The maximum atomic E-state index is 5.08. The van der Waals surface area contributed by atoms with Gasteiger partial charge in [0.05, 0.1) is 4.99 Å². The minimum Gasteiger partial charge on any atom is -0.379 e. The van der Waals surface area contributed by atoms with E-state index < -0.39 is 0 Å². The summed E-state index contributed by atoms with van der Waals surface area (Å²) in [6, 6.07) is 0. The summed E-state index contributed by atoms with van der Waals surface area (Å²) in [5, 5.41) is 3.12. The molecule has 0 aromatic carbocycles. The van der Waals surface area contributed by atoms with Gasteiger partial charge in [-0.05, 0) is 6.92 Å². The summed E-state index contributed by atoms with van der Waals surface area (Å²) in [5.74, 6) is 0. The van der Waals surface area contributed by atoms with Gasteiger partial charge in [0.25, 0.3) is 0 Å². The van der Waals surface area contributed by atoms with Crippen LogP contribution in [0.5, 0.6) is 0 Å². The van der Waals surface area contributed by atoms with E-state index in [-0.39, 0.29) is 5.41 Å². The second-order valence-corrected chi connectivity index (χ2v) is 3.52. The molecule has 0 spiro atoms. The van der Waals surface area contributed by atoms with Crippen LogP contribution in [-0.2, 0) is 0 Å². The summed E-state index contributed by atoms with van der Waals surface area (Å²) >= 11 is 5.08. The molecule has 0 saturated heterocycles. The van der Waals surface area contributed by atoms with Crippen LogP contribution in [0.25, 0.3) is 0 Å². The zero-order valence-corrected chi connectivity index (χ0v) is 7.43. The molecule has 0 fully saturated rings. The van der Waals surface area contributed by atoms with Crippen molar-refractivity contribution >= 4 is 17.2 Å². The molecule has 0 bridgehead atoms. The van der Waals surface area contributed by atoms with E-state index in [1.165, 1.54) is 0 Å². The molecule has 54 valence electrons. The van der Waals surface area contributed by atoms with Crippen molar-refractivity contribution in [2.45, 2.75) is 27.7 Å². The van der Waals surface area contributed by atoms with Gasteiger partial charge in [-0.3, -0.25) is 0 Å². The van der Waals surface area contributed by atoms with Crippen LogP contribution >= 0.6 is 12.2 Å². The highest BCUT2D eigenvalue weighted by Gasteiger charge is 2.14. The second kappa shape index (κ2) is 3.16. The summed E-state index contributed by atoms with van der Waals surface area (Å²) in [4.78, 5) is 0.949. The Hall–Kier alpha value is -0.110. The first kappa shape index (κ1) is 8.89. The molecule has 2 heteroatoms. The van der Waals surface area contributed by atoms with E-state index in [1.807, 2.05) is 0 Å². The predicted molar refractivity (Wildman–Crippen MR) is 45.7 cm³/mol. The molecule has 0 aliphatic heterocycles. The topological polar surface area (TPSA) is 12.0 Å². The van der Waals surface area contributed by atoms with Crippen molar-refractivity contribution in [2.75, 3.05) is 6.54 Å². The van der Waals surface area contributed by atoms with Crippen molar-refractivity contribution in [3.63, 3.8) is 0 Å². The number of rotatable bonds is 1. The molecule has 0 aromatic heterocycles. The number of hydrogen-bond acceptors (Lipinski definition) is 1. The van der Waals surface area contributed by atoms with E-state index in [9.17, 15) is 0 Å². The molecule has 9 heavy (non-hydrogen) atoms. The Kier molecular flexibility index (Phi) is 3.12. The maximum Gasteiger partial charge on any atom is 0.0807 e. The number of nitrogens with one attached hydrogen (secondary N) is 1. The Bertz CT molecular complexity index is 102. The summed E-state index contributed by atoms with van der Waals surface area (Å²) < 4.78 is 0. The van der Waals surface area contributed by atoms with Gasteiger partial charge in [-0.2, -0.15) is 0 Å². The molecular weight excluding hydrogens is 130 g/mol. The Balaban J connectivity index is 3.74. The first-order valence-corrected chi connectivity index (χ1v) is 3.67. The van der Waals surface area contributed by atoms with Crippen LogP contribution in [0.3, 0.4) is 0 Å². The third-order valence-corrected chi connectivity index (χ3v) is 1.78. The smallest absolute Gasteiger partial charge is 0.0807 e. The van der Waals surface area contributed by atoms with E-state index in [0.717, 1.165) is 11.5 Å². The molecule has 0 aliphatic carbocycles. The van der Waals surface area contributed by atoms with Crippen LogP contribution in [-0.4, -0.2) is 11.5 Å². The van der Waals surface area contributed by atoms with Crippen molar-refractivity contribution in [3.8, 4) is 0 Å². The molecule has 0 radical (unpaired) electrons. The standard InChI is InChI=1S/C7H15NS/c1-5-8-6(9)7(2,3)4/h5H2,1-4H3,(H,8,9). The van der Waals surface area contributed by atoms with E-state index in [4.69, 9.17) is 12.2 Å². The lowest BCUT2D eigenvalue weighted by Crippen LogP contribution is -2.32. The lowest BCUT2D eigenvalue weighted by Gasteiger charge is -2.19. The van der Waals surface area contributed by atoms with Crippen LogP contribution in [0.15, 0.2) is 0 Å². The molecule has 0 rings (SSSR count). The van der Waals surface area contributed by atoms with Gasteiger partial charge in [-0.25, -0.2) is 0 Å². The van der Waals surface area contributed by atoms with E-state index in [0.29, 0.717) is 0 Å². The Morgan fingerprint density at radius 2 is 1.89 bits per heavy atom. The molecule has 0 unspecified atom stereocenters. The Morgan fingerprint density at radius 3 is 2.00 bits per heavy atom. The number of thiocarbonyl (C=S) groups is 1. The molecular formula is C7H15NS. The fourth-order valence-corrected chi connectivity index (χ4v) is 0.570. The van der Waals surface area contributed by atoms with E-state index in [2.05, 4.69) is 33.0 Å². The SMILES string of the molecule is CCNC(=S)C(C)(C)C. The highest BCUT2D eigenvalue weighted by Crippen LogP contribution is 2.13. The molecule has 0 atom stereocenters. The first-order valence-electron chi connectivity index (χ1n) is 3.26. The minimum atomic E-state index is 0.130. The van der Waals surface area contributed by atoms with Crippen molar-refractivity contribution in [2.24, 2.45) is 5.41 Å².